The van der Waals surface area contributed by atoms with Crippen LogP contribution in [-0.4, -0.2) is 68.9 Å². The molecule has 0 saturated carbocycles. The van der Waals surface area contributed by atoms with Crippen LogP contribution in [0.2, 0.25) is 5.02 Å². The van der Waals surface area contributed by atoms with E-state index in [4.69, 9.17) is 21.1 Å². The van der Waals surface area contributed by atoms with Gasteiger partial charge in [0.2, 0.25) is 0 Å². The van der Waals surface area contributed by atoms with Crippen molar-refractivity contribution in [2.75, 3.05) is 46.9 Å². The van der Waals surface area contributed by atoms with Gasteiger partial charge in [0.25, 0.3) is 5.91 Å². The van der Waals surface area contributed by atoms with Crippen molar-refractivity contribution in [3.05, 3.63) is 58.6 Å². The van der Waals surface area contributed by atoms with Gasteiger partial charge in [-0.25, -0.2) is 5.43 Å². The van der Waals surface area contributed by atoms with Crippen molar-refractivity contribution in [1.29, 1.82) is 0 Å². The fourth-order valence-corrected chi connectivity index (χ4v) is 3.51. The van der Waals surface area contributed by atoms with Gasteiger partial charge >= 0.3 is 0 Å². The number of hydrogen-bond donors (Lipinski definition) is 1. The number of hydrazone groups is 1. The molecule has 2 aromatic carbocycles. The molecule has 0 atom stereocenters. The number of carbonyl (C=O) groups excluding carboxylic acids is 1. The number of nitrogens with zero attached hydrogens (tertiary/aromatic N) is 3. The van der Waals surface area contributed by atoms with Crippen LogP contribution in [0.3, 0.4) is 0 Å². The van der Waals surface area contributed by atoms with Crippen molar-refractivity contribution in [2.24, 2.45) is 5.10 Å². The number of methoxy groups -OCH3 is 2. The van der Waals surface area contributed by atoms with Crippen molar-refractivity contribution in [1.82, 2.24) is 15.2 Å². The highest BCUT2D eigenvalue weighted by atomic mass is 35.5. The summed E-state index contributed by atoms with van der Waals surface area (Å²) in [4.78, 5) is 16.7. The molecule has 0 aromatic heterocycles. The van der Waals surface area contributed by atoms with Crippen LogP contribution in [0, 0.1) is 0 Å². The molecule has 8 heteroatoms. The summed E-state index contributed by atoms with van der Waals surface area (Å²) >= 11 is 6.25. The summed E-state index contributed by atoms with van der Waals surface area (Å²) in [7, 11) is 3.18. The number of nitrogens with one attached hydrogen (secondary N) is 1. The highest BCUT2D eigenvalue weighted by Crippen LogP contribution is 2.23. The van der Waals surface area contributed by atoms with Crippen LogP contribution in [0.15, 0.2) is 47.6 Å². The Hall–Kier alpha value is -2.61. The largest absolute Gasteiger partial charge is 0.497 e. The lowest BCUT2D eigenvalue weighted by molar-refractivity contribution is -0.122. The molecule has 30 heavy (non-hydrogen) atoms. The van der Waals surface area contributed by atoms with E-state index in [1.165, 1.54) is 0 Å². The molecule has 0 aliphatic carbocycles. The number of carbonyl (C=O) groups is 1. The summed E-state index contributed by atoms with van der Waals surface area (Å²) in [5, 5.41) is 4.85. The SMILES string of the molecule is COc1ccc(/C=N/NC(=O)CN2CCN(Cc3ccccc3Cl)CC2)c(OC)c1. The lowest BCUT2D eigenvalue weighted by Crippen LogP contribution is -2.48. The second kappa shape index (κ2) is 11.0. The van der Waals surface area contributed by atoms with Crippen molar-refractivity contribution in [3.63, 3.8) is 0 Å². The molecule has 0 spiro atoms. The van der Waals surface area contributed by atoms with Gasteiger partial charge in [0, 0.05) is 49.4 Å². The molecular formula is C22H27ClN4O3. The Bertz CT molecular complexity index is 882. The minimum atomic E-state index is -0.140. The quantitative estimate of drug-likeness (QED) is 0.515. The van der Waals surface area contributed by atoms with Gasteiger partial charge in [-0.3, -0.25) is 14.6 Å². The molecule has 0 unspecified atom stereocenters. The average Bonchev–Trinajstić information content (AvgIpc) is 2.77. The van der Waals surface area contributed by atoms with Gasteiger partial charge in [-0.05, 0) is 23.8 Å². The molecule has 160 valence electrons. The van der Waals surface area contributed by atoms with Crippen molar-refractivity contribution < 1.29 is 14.3 Å². The minimum absolute atomic E-state index is 0.140. The Morgan fingerprint density at radius 1 is 1.10 bits per heavy atom. The van der Waals surface area contributed by atoms with Gasteiger partial charge in [0.15, 0.2) is 0 Å². The van der Waals surface area contributed by atoms with E-state index in [0.717, 1.165) is 48.9 Å². The molecule has 1 fully saturated rings. The second-order valence-corrected chi connectivity index (χ2v) is 7.45. The Balaban J connectivity index is 1.43. The molecule has 1 aliphatic rings. The summed E-state index contributed by atoms with van der Waals surface area (Å²) in [6.45, 7) is 4.59. The number of halogens is 1. The highest BCUT2D eigenvalue weighted by Gasteiger charge is 2.19. The summed E-state index contributed by atoms with van der Waals surface area (Å²) in [5.74, 6) is 1.18. The van der Waals surface area contributed by atoms with Crippen LogP contribution in [0.5, 0.6) is 11.5 Å². The predicted octanol–water partition coefficient (Wildman–Crippen LogP) is 2.63. The van der Waals surface area contributed by atoms with E-state index >= 15 is 0 Å². The van der Waals surface area contributed by atoms with E-state index in [0.29, 0.717) is 18.0 Å². The molecule has 2 aromatic rings. The zero-order valence-corrected chi connectivity index (χ0v) is 18.1. The summed E-state index contributed by atoms with van der Waals surface area (Å²) in [5.41, 5.74) is 4.48. The third-order valence-electron chi connectivity index (χ3n) is 5.02. The molecule has 0 bridgehead atoms. The minimum Gasteiger partial charge on any atom is -0.497 e. The summed E-state index contributed by atoms with van der Waals surface area (Å²) in [6.07, 6.45) is 1.57. The van der Waals surface area contributed by atoms with Gasteiger partial charge in [-0.2, -0.15) is 5.10 Å². The standard InChI is InChI=1S/C22H27ClN4O3/c1-29-19-8-7-17(21(13-19)30-2)14-24-25-22(28)16-27-11-9-26(10-12-27)15-18-5-3-4-6-20(18)23/h3-8,13-14H,9-12,15-16H2,1-2H3,(H,25,28)/b24-14+. The molecule has 1 amide bonds. The van der Waals surface area contributed by atoms with Crippen LogP contribution in [-0.2, 0) is 11.3 Å². The fraction of sp³-hybridized carbons (Fsp3) is 0.364. The fourth-order valence-electron chi connectivity index (χ4n) is 3.31. The third-order valence-corrected chi connectivity index (χ3v) is 5.39. The first-order valence-corrected chi connectivity index (χ1v) is 10.2. The van der Waals surface area contributed by atoms with Gasteiger partial charge in [0.05, 0.1) is 27.0 Å². The van der Waals surface area contributed by atoms with Gasteiger partial charge in [-0.15, -0.1) is 0 Å². The zero-order chi connectivity index (χ0) is 21.3. The number of ether oxygens (including phenoxy) is 2. The van der Waals surface area contributed by atoms with Gasteiger partial charge in [-0.1, -0.05) is 29.8 Å². The van der Waals surface area contributed by atoms with Crippen LogP contribution < -0.4 is 14.9 Å². The number of amides is 1. The van der Waals surface area contributed by atoms with E-state index in [-0.39, 0.29) is 5.91 Å². The van der Waals surface area contributed by atoms with E-state index in [2.05, 4.69) is 26.4 Å². The van der Waals surface area contributed by atoms with Crippen molar-refractivity contribution >= 4 is 23.7 Å². The molecule has 1 heterocycles. The van der Waals surface area contributed by atoms with Gasteiger partial charge < -0.3 is 9.47 Å². The first kappa shape index (κ1) is 22.1. The third kappa shape index (κ3) is 6.19. The molecule has 1 aliphatic heterocycles. The lowest BCUT2D eigenvalue weighted by atomic mass is 10.2. The van der Waals surface area contributed by atoms with Crippen molar-refractivity contribution in [3.8, 4) is 11.5 Å². The second-order valence-electron chi connectivity index (χ2n) is 7.04. The monoisotopic (exact) mass is 430 g/mol. The average molecular weight is 431 g/mol. The van der Waals surface area contributed by atoms with Crippen LogP contribution in [0.4, 0.5) is 0 Å². The maximum absolute atomic E-state index is 12.2. The molecule has 7 nitrogen and oxygen atoms in total. The summed E-state index contributed by atoms with van der Waals surface area (Å²) in [6, 6.07) is 13.3. The van der Waals surface area contributed by atoms with Crippen molar-refractivity contribution in [2.45, 2.75) is 6.54 Å². The molecule has 3 rings (SSSR count). The first-order valence-electron chi connectivity index (χ1n) is 9.81. The zero-order valence-electron chi connectivity index (χ0n) is 17.3. The maximum Gasteiger partial charge on any atom is 0.254 e. The highest BCUT2D eigenvalue weighted by molar-refractivity contribution is 6.31. The van der Waals surface area contributed by atoms with E-state index in [1.54, 1.807) is 26.5 Å². The molecule has 1 N–H and O–H groups in total. The maximum atomic E-state index is 12.2. The predicted molar refractivity (Wildman–Crippen MR) is 118 cm³/mol. The number of benzene rings is 2. The number of piperazine rings is 1. The van der Waals surface area contributed by atoms with E-state index in [9.17, 15) is 4.79 Å². The molecule has 0 radical (unpaired) electrons. The Morgan fingerprint density at radius 3 is 2.53 bits per heavy atom. The smallest absolute Gasteiger partial charge is 0.254 e. The normalized spacial score (nSPS) is 15.3. The molecule has 1 saturated heterocycles. The number of rotatable bonds is 8. The Labute approximate surface area is 182 Å². The van der Waals surface area contributed by atoms with E-state index in [1.807, 2.05) is 30.3 Å². The lowest BCUT2D eigenvalue weighted by Gasteiger charge is -2.34. The number of hydrogen-bond acceptors (Lipinski definition) is 6. The Kier molecular flexibility index (Phi) is 8.07. The molecular weight excluding hydrogens is 404 g/mol. The van der Waals surface area contributed by atoms with E-state index < -0.39 is 0 Å². The Morgan fingerprint density at radius 2 is 1.83 bits per heavy atom. The van der Waals surface area contributed by atoms with Crippen LogP contribution in [0.25, 0.3) is 0 Å². The first-order chi connectivity index (χ1) is 14.6. The van der Waals surface area contributed by atoms with Gasteiger partial charge in [0.1, 0.15) is 11.5 Å². The summed E-state index contributed by atoms with van der Waals surface area (Å²) < 4.78 is 10.5. The van der Waals surface area contributed by atoms with Crippen LogP contribution >= 0.6 is 11.6 Å². The topological polar surface area (TPSA) is 66.4 Å². The van der Waals surface area contributed by atoms with Crippen LogP contribution in [0.1, 0.15) is 11.1 Å².